The average molecular weight is 207 g/mol. The molecule has 3 N–H and O–H groups in total. The van der Waals surface area contributed by atoms with Gasteiger partial charge in [-0.2, -0.15) is 0 Å². The maximum atomic E-state index is 8.88. The summed E-state index contributed by atoms with van der Waals surface area (Å²) >= 11 is 9.53. The molecule has 0 radical (unpaired) electrons. The third-order valence-electron chi connectivity index (χ3n) is 0. The maximum absolute atomic E-state index is 8.88. The zero-order valence-electron chi connectivity index (χ0n) is 3.66. The molecule has 0 aliphatic carbocycles. The van der Waals surface area contributed by atoms with Crippen LogP contribution in [0.5, 0.6) is 0 Å². The number of hydrogen-bond donors (Lipinski definition) is 3. The summed E-state index contributed by atoms with van der Waals surface area (Å²) in [5, 5.41) is 0.194. The number of halogens is 2. The molecule has 4 nitrogen and oxygen atoms in total. The van der Waals surface area contributed by atoms with Crippen LogP contribution in [0.15, 0.2) is 0 Å². The molecule has 0 bridgehead atoms. The number of alkyl halides is 2. The Morgan fingerprint density at radius 3 is 1.22 bits per heavy atom. The number of rotatable bonds is 0. The monoisotopic (exact) mass is 206 g/mol. The van der Waals surface area contributed by atoms with Gasteiger partial charge in [-0.05, 0) is 0 Å². The number of hydrogen-bond acceptors (Lipinski definition) is 1. The van der Waals surface area contributed by atoms with Crippen molar-refractivity contribution in [2.75, 3.05) is 5.34 Å². The van der Waals surface area contributed by atoms with E-state index >= 15 is 0 Å². The summed E-state index contributed by atoms with van der Waals surface area (Å²) in [5.74, 6) is 0. The summed E-state index contributed by atoms with van der Waals surface area (Å²) in [5.41, 5.74) is 0. The fourth-order valence-corrected chi connectivity index (χ4v) is 0. The van der Waals surface area contributed by atoms with Gasteiger partial charge >= 0.3 is 37.4 Å². The first-order chi connectivity index (χ1) is 3.41. The van der Waals surface area contributed by atoms with Crippen LogP contribution < -0.4 is 0 Å². The Kier molecular flexibility index (Phi) is 18.3. The van der Waals surface area contributed by atoms with E-state index in [9.17, 15) is 0 Å². The minimum absolute atomic E-state index is 0. The van der Waals surface area contributed by atoms with Gasteiger partial charge < -0.3 is 14.7 Å². The van der Waals surface area contributed by atoms with Crippen molar-refractivity contribution >= 4 is 60.6 Å². The van der Waals surface area contributed by atoms with Crippen LogP contribution in [-0.4, -0.2) is 49.6 Å². The summed E-state index contributed by atoms with van der Waals surface area (Å²) in [4.78, 5) is 21.6. The van der Waals surface area contributed by atoms with Crippen LogP contribution >= 0.6 is 31.0 Å². The standard InChI is InChI=1S/CH2Cl2.Na.H3O4P.H/c2-1-3;;1-5(2,3)4;/h1H2;;(H3,1,2,3,4);. The van der Waals surface area contributed by atoms with Gasteiger partial charge in [0.2, 0.25) is 0 Å². The summed E-state index contributed by atoms with van der Waals surface area (Å²) < 4.78 is 8.88. The summed E-state index contributed by atoms with van der Waals surface area (Å²) in [6.07, 6.45) is 0. The fourth-order valence-electron chi connectivity index (χ4n) is 0. The Hall–Kier alpha value is 1.69. The van der Waals surface area contributed by atoms with Crippen molar-refractivity contribution in [1.29, 1.82) is 0 Å². The predicted octanol–water partition coefficient (Wildman–Crippen LogP) is -0.156. The van der Waals surface area contributed by atoms with Crippen LogP contribution in [0.4, 0.5) is 0 Å². The van der Waals surface area contributed by atoms with E-state index in [0.717, 1.165) is 0 Å². The van der Waals surface area contributed by atoms with Crippen molar-refractivity contribution in [1.82, 2.24) is 0 Å². The Balaban J connectivity index is -0.0000000800. The third kappa shape index (κ3) is 201. The summed E-state index contributed by atoms with van der Waals surface area (Å²) in [7, 11) is -4.64. The molecule has 0 aromatic rings. The van der Waals surface area contributed by atoms with E-state index in [4.69, 9.17) is 42.4 Å². The zero-order chi connectivity index (χ0) is 7.21. The van der Waals surface area contributed by atoms with Gasteiger partial charge in [0.05, 0.1) is 5.34 Å². The molecule has 8 heteroatoms. The molecule has 0 atom stereocenters. The van der Waals surface area contributed by atoms with Crippen molar-refractivity contribution < 1.29 is 19.2 Å². The van der Waals surface area contributed by atoms with Crippen LogP contribution in [0.25, 0.3) is 0 Å². The van der Waals surface area contributed by atoms with Crippen LogP contribution in [-0.2, 0) is 4.57 Å². The van der Waals surface area contributed by atoms with Gasteiger partial charge in [-0.25, -0.2) is 4.57 Å². The Bertz CT molecular complexity index is 74.4. The molecular weight excluding hydrogens is 201 g/mol. The number of phosphoric acid groups is 1. The summed E-state index contributed by atoms with van der Waals surface area (Å²) in [6, 6.07) is 0. The normalized spacial score (nSPS) is 8.56. The topological polar surface area (TPSA) is 77.8 Å². The van der Waals surface area contributed by atoms with E-state index in [2.05, 4.69) is 0 Å². The molecule has 0 fully saturated rings. The second-order valence-corrected chi connectivity index (χ2v) is 2.45. The Labute approximate surface area is 84.7 Å². The molecule has 54 valence electrons. The molecule has 0 saturated carbocycles. The SMILES string of the molecule is ClCCl.O=P(O)(O)O.[NaH]. The Morgan fingerprint density at radius 2 is 1.22 bits per heavy atom. The van der Waals surface area contributed by atoms with E-state index in [0.29, 0.717) is 0 Å². The quantitative estimate of drug-likeness (QED) is 0.293. The first kappa shape index (κ1) is 17.0. The molecule has 0 unspecified atom stereocenters. The van der Waals surface area contributed by atoms with Gasteiger partial charge in [0, 0.05) is 0 Å². The minimum atomic E-state index is -4.64. The van der Waals surface area contributed by atoms with E-state index in [1.807, 2.05) is 0 Å². The van der Waals surface area contributed by atoms with Gasteiger partial charge in [0.15, 0.2) is 0 Å². The molecule has 0 aromatic carbocycles. The van der Waals surface area contributed by atoms with Crippen LogP contribution in [0.3, 0.4) is 0 Å². The molecule has 0 aliphatic rings. The molecule has 0 aromatic heterocycles. The third-order valence-corrected chi connectivity index (χ3v) is 0. The van der Waals surface area contributed by atoms with Crippen molar-refractivity contribution in [2.24, 2.45) is 0 Å². The zero-order valence-corrected chi connectivity index (χ0v) is 6.07. The molecule has 0 amide bonds. The first-order valence-electron chi connectivity index (χ1n) is 1.32. The van der Waals surface area contributed by atoms with Crippen molar-refractivity contribution in [2.45, 2.75) is 0 Å². The fraction of sp³-hybridized carbons (Fsp3) is 1.00. The van der Waals surface area contributed by atoms with Crippen LogP contribution in [0.2, 0.25) is 0 Å². The van der Waals surface area contributed by atoms with E-state index in [1.165, 1.54) is 0 Å². The molecule has 0 saturated heterocycles. The molecule has 0 rings (SSSR count). The molecule has 0 heterocycles. The molecular formula is CH6Cl2NaO4P. The van der Waals surface area contributed by atoms with E-state index < -0.39 is 7.82 Å². The van der Waals surface area contributed by atoms with Gasteiger partial charge in [-0.3, -0.25) is 0 Å². The van der Waals surface area contributed by atoms with Crippen LogP contribution in [0.1, 0.15) is 0 Å². The van der Waals surface area contributed by atoms with Gasteiger partial charge in [-0.15, -0.1) is 23.2 Å². The molecule has 9 heavy (non-hydrogen) atoms. The van der Waals surface area contributed by atoms with E-state index in [1.54, 1.807) is 0 Å². The summed E-state index contributed by atoms with van der Waals surface area (Å²) in [6.45, 7) is 0. The van der Waals surface area contributed by atoms with Gasteiger partial charge in [-0.1, -0.05) is 0 Å². The molecule has 0 aliphatic heterocycles. The second kappa shape index (κ2) is 9.69. The van der Waals surface area contributed by atoms with Crippen molar-refractivity contribution in [3.05, 3.63) is 0 Å². The average Bonchev–Trinajstić information content (AvgIpc) is 1.27. The first-order valence-corrected chi connectivity index (χ1v) is 3.95. The predicted molar refractivity (Wildman–Crippen MR) is 38.0 cm³/mol. The second-order valence-electron chi connectivity index (χ2n) is 0.614. The van der Waals surface area contributed by atoms with Crippen LogP contribution in [0, 0.1) is 0 Å². The van der Waals surface area contributed by atoms with Gasteiger partial charge in [0.25, 0.3) is 0 Å². The Morgan fingerprint density at radius 1 is 1.22 bits per heavy atom. The van der Waals surface area contributed by atoms with E-state index in [-0.39, 0.29) is 34.9 Å². The van der Waals surface area contributed by atoms with Gasteiger partial charge in [0.1, 0.15) is 0 Å². The van der Waals surface area contributed by atoms with Crippen molar-refractivity contribution in [3.8, 4) is 0 Å². The van der Waals surface area contributed by atoms with Crippen molar-refractivity contribution in [3.63, 3.8) is 0 Å². The molecule has 0 spiro atoms.